The summed E-state index contributed by atoms with van der Waals surface area (Å²) in [7, 11) is 2.11. The topological polar surface area (TPSA) is 64.7 Å². The van der Waals surface area contributed by atoms with Crippen LogP contribution < -0.4 is 15.5 Å². The summed E-state index contributed by atoms with van der Waals surface area (Å²) in [5.74, 6) is -0.183. The van der Waals surface area contributed by atoms with Crippen molar-refractivity contribution in [3.05, 3.63) is 40.6 Å². The standard InChI is InChI=1S/C19H22N4O2S/c1-12-9-13(7-8-22(12)2)20-19(25)23-16-6-4-3-5-15(16)21-18(24)14-10-26-11-17(14)23/h3-6,10-13H,7-9H2,1-2H3,(H,20,25)(H,21,24)/t12-,13-/m1/s1. The monoisotopic (exact) mass is 370 g/mol. The van der Waals surface area contributed by atoms with Crippen molar-refractivity contribution in [3.63, 3.8) is 0 Å². The highest BCUT2D eigenvalue weighted by Gasteiger charge is 2.32. The Morgan fingerprint density at radius 1 is 1.27 bits per heavy atom. The first-order chi connectivity index (χ1) is 12.5. The molecule has 0 aliphatic carbocycles. The quantitative estimate of drug-likeness (QED) is 0.805. The van der Waals surface area contributed by atoms with Crippen LogP contribution in [0.5, 0.6) is 0 Å². The molecule has 2 aromatic rings. The number of carbonyl (C=O) groups is 2. The van der Waals surface area contributed by atoms with E-state index in [0.717, 1.165) is 19.4 Å². The molecule has 1 saturated heterocycles. The number of piperidine rings is 1. The Morgan fingerprint density at radius 2 is 2.08 bits per heavy atom. The van der Waals surface area contributed by atoms with Gasteiger partial charge in [0.25, 0.3) is 5.91 Å². The molecule has 2 atom stereocenters. The molecular formula is C19H22N4O2S. The van der Waals surface area contributed by atoms with Crippen molar-refractivity contribution in [3.8, 4) is 0 Å². The molecule has 136 valence electrons. The van der Waals surface area contributed by atoms with Gasteiger partial charge in [0, 0.05) is 29.4 Å². The molecular weight excluding hydrogens is 348 g/mol. The maximum absolute atomic E-state index is 13.2. The number of rotatable bonds is 1. The van der Waals surface area contributed by atoms with Crippen LogP contribution in [0.15, 0.2) is 35.0 Å². The van der Waals surface area contributed by atoms with Crippen molar-refractivity contribution in [2.75, 3.05) is 23.8 Å². The highest BCUT2D eigenvalue weighted by molar-refractivity contribution is 7.08. The maximum atomic E-state index is 13.2. The van der Waals surface area contributed by atoms with Gasteiger partial charge in [-0.1, -0.05) is 12.1 Å². The van der Waals surface area contributed by atoms with Crippen molar-refractivity contribution in [2.24, 2.45) is 0 Å². The van der Waals surface area contributed by atoms with Crippen LogP contribution in [0.2, 0.25) is 0 Å². The van der Waals surface area contributed by atoms with E-state index in [0.29, 0.717) is 28.7 Å². The third-order valence-corrected chi connectivity index (χ3v) is 5.99. The number of para-hydroxylation sites is 2. The molecule has 1 aromatic carbocycles. The SMILES string of the molecule is C[C@@H]1C[C@H](NC(=O)N2c3ccccc3NC(=O)c3cscc32)CCN1C. The molecule has 2 aliphatic heterocycles. The summed E-state index contributed by atoms with van der Waals surface area (Å²) in [4.78, 5) is 29.6. The van der Waals surface area contributed by atoms with Gasteiger partial charge in [-0.25, -0.2) is 4.79 Å². The van der Waals surface area contributed by atoms with Gasteiger partial charge < -0.3 is 15.5 Å². The lowest BCUT2D eigenvalue weighted by Gasteiger charge is -2.36. The molecule has 0 bridgehead atoms. The number of amides is 3. The molecule has 1 fully saturated rings. The van der Waals surface area contributed by atoms with E-state index in [-0.39, 0.29) is 18.0 Å². The smallest absolute Gasteiger partial charge is 0.326 e. The molecule has 2 N–H and O–H groups in total. The third kappa shape index (κ3) is 2.97. The van der Waals surface area contributed by atoms with E-state index < -0.39 is 0 Å². The van der Waals surface area contributed by atoms with Crippen LogP contribution >= 0.6 is 11.3 Å². The Balaban J connectivity index is 1.66. The van der Waals surface area contributed by atoms with Gasteiger partial charge in [-0.05, 0) is 38.9 Å². The molecule has 1 aromatic heterocycles. The van der Waals surface area contributed by atoms with Gasteiger partial charge in [-0.2, -0.15) is 0 Å². The van der Waals surface area contributed by atoms with Crippen LogP contribution in [0, 0.1) is 0 Å². The van der Waals surface area contributed by atoms with Crippen LogP contribution in [0.3, 0.4) is 0 Å². The Morgan fingerprint density at radius 3 is 2.88 bits per heavy atom. The number of urea groups is 1. The predicted molar refractivity (Wildman–Crippen MR) is 104 cm³/mol. The lowest BCUT2D eigenvalue weighted by atomic mass is 9.99. The molecule has 7 heteroatoms. The summed E-state index contributed by atoms with van der Waals surface area (Å²) in [6.45, 7) is 3.14. The van der Waals surface area contributed by atoms with Gasteiger partial charge >= 0.3 is 6.03 Å². The number of hydrogen-bond acceptors (Lipinski definition) is 4. The van der Waals surface area contributed by atoms with E-state index in [2.05, 4.69) is 29.5 Å². The molecule has 6 nitrogen and oxygen atoms in total. The molecule has 0 unspecified atom stereocenters. The minimum Gasteiger partial charge on any atom is -0.335 e. The van der Waals surface area contributed by atoms with Gasteiger partial charge in [0.1, 0.15) is 0 Å². The van der Waals surface area contributed by atoms with E-state index in [1.54, 1.807) is 10.3 Å². The lowest BCUT2D eigenvalue weighted by Crippen LogP contribution is -2.50. The minimum atomic E-state index is -0.185. The molecule has 26 heavy (non-hydrogen) atoms. The summed E-state index contributed by atoms with van der Waals surface area (Å²) >= 11 is 1.42. The Labute approximate surface area is 156 Å². The highest BCUT2D eigenvalue weighted by atomic mass is 32.1. The maximum Gasteiger partial charge on any atom is 0.326 e. The Hall–Kier alpha value is -2.38. The van der Waals surface area contributed by atoms with Gasteiger partial charge in [0.05, 0.1) is 22.6 Å². The number of anilines is 3. The van der Waals surface area contributed by atoms with Gasteiger partial charge in [0.15, 0.2) is 0 Å². The van der Waals surface area contributed by atoms with Crippen LogP contribution in [0.1, 0.15) is 30.1 Å². The van der Waals surface area contributed by atoms with E-state index in [9.17, 15) is 9.59 Å². The number of hydrogen-bond donors (Lipinski definition) is 2. The number of carbonyl (C=O) groups excluding carboxylic acids is 2. The van der Waals surface area contributed by atoms with Crippen molar-refractivity contribution in [2.45, 2.75) is 31.8 Å². The second-order valence-electron chi connectivity index (χ2n) is 6.98. The van der Waals surface area contributed by atoms with Gasteiger partial charge in [0.2, 0.25) is 0 Å². The largest absolute Gasteiger partial charge is 0.335 e. The fourth-order valence-corrected chi connectivity index (χ4v) is 4.40. The molecule has 4 rings (SSSR count). The molecule has 0 radical (unpaired) electrons. The molecule has 3 heterocycles. The number of nitrogens with one attached hydrogen (secondary N) is 2. The Bertz CT molecular complexity index is 850. The number of nitrogens with zero attached hydrogens (tertiary/aromatic N) is 2. The van der Waals surface area contributed by atoms with Gasteiger partial charge in [-0.3, -0.25) is 9.69 Å². The zero-order valence-corrected chi connectivity index (χ0v) is 15.7. The summed E-state index contributed by atoms with van der Waals surface area (Å²) in [5, 5.41) is 9.73. The van der Waals surface area contributed by atoms with E-state index in [4.69, 9.17) is 0 Å². The van der Waals surface area contributed by atoms with Crippen LogP contribution in [0.25, 0.3) is 0 Å². The van der Waals surface area contributed by atoms with Crippen LogP contribution in [0.4, 0.5) is 21.9 Å². The fraction of sp³-hybridized carbons (Fsp3) is 0.368. The first-order valence-corrected chi connectivity index (χ1v) is 9.76. The van der Waals surface area contributed by atoms with Crippen molar-refractivity contribution in [1.82, 2.24) is 10.2 Å². The number of thiophene rings is 1. The Kier molecular flexibility index (Phi) is 4.42. The third-order valence-electron chi connectivity index (χ3n) is 5.26. The number of likely N-dealkylation sites (tertiary alicyclic amines) is 1. The van der Waals surface area contributed by atoms with Crippen molar-refractivity contribution < 1.29 is 9.59 Å². The van der Waals surface area contributed by atoms with Gasteiger partial charge in [-0.15, -0.1) is 11.3 Å². The minimum absolute atomic E-state index is 0.134. The van der Waals surface area contributed by atoms with Crippen LogP contribution in [-0.4, -0.2) is 42.5 Å². The summed E-state index contributed by atoms with van der Waals surface area (Å²) < 4.78 is 0. The van der Waals surface area contributed by atoms with E-state index in [1.807, 2.05) is 29.6 Å². The first kappa shape index (κ1) is 17.1. The average Bonchev–Trinajstić information content (AvgIpc) is 3.05. The fourth-order valence-electron chi connectivity index (χ4n) is 3.61. The van der Waals surface area contributed by atoms with E-state index in [1.165, 1.54) is 11.3 Å². The second kappa shape index (κ2) is 6.74. The second-order valence-corrected chi connectivity index (χ2v) is 7.72. The molecule has 2 aliphatic rings. The highest BCUT2D eigenvalue weighted by Crippen LogP contribution is 2.39. The summed E-state index contributed by atoms with van der Waals surface area (Å²) in [5.41, 5.74) is 2.50. The number of fused-ring (bicyclic) bond motifs is 2. The normalized spacial score (nSPS) is 22.8. The summed E-state index contributed by atoms with van der Waals surface area (Å²) in [6, 6.07) is 7.79. The zero-order chi connectivity index (χ0) is 18.3. The molecule has 3 amide bonds. The van der Waals surface area contributed by atoms with Crippen LogP contribution in [-0.2, 0) is 0 Å². The number of benzene rings is 1. The van der Waals surface area contributed by atoms with E-state index >= 15 is 0 Å². The lowest BCUT2D eigenvalue weighted by molar-refractivity contribution is 0.102. The molecule has 0 saturated carbocycles. The average molecular weight is 370 g/mol. The first-order valence-electron chi connectivity index (χ1n) is 8.82. The van der Waals surface area contributed by atoms with Crippen molar-refractivity contribution in [1.29, 1.82) is 0 Å². The van der Waals surface area contributed by atoms with Crippen molar-refractivity contribution >= 4 is 40.3 Å². The zero-order valence-electron chi connectivity index (χ0n) is 14.9. The predicted octanol–water partition coefficient (Wildman–Crippen LogP) is 3.64. The summed E-state index contributed by atoms with van der Waals surface area (Å²) in [6.07, 6.45) is 1.85. The molecule has 0 spiro atoms.